The fraction of sp³-hybridized carbons (Fsp3) is 0.667. The maximum atomic E-state index is 5.94. The highest BCUT2D eigenvalue weighted by Crippen LogP contribution is 2.21. The summed E-state index contributed by atoms with van der Waals surface area (Å²) < 4.78 is 16.4. The first kappa shape index (κ1) is 26.9. The summed E-state index contributed by atoms with van der Waals surface area (Å²) in [7, 11) is 1.71. The SMILES string of the molecule is CCNC(=NCc1ccc(C)cc1OCCCOC)NCCCCOCC.I. The standard InChI is InChI=1S/C21H37N3O3.HI/c1-5-22-21(23-12-7-8-14-26-6-2)24-17-19-11-10-18(3)16-20(19)27-15-9-13-25-4;/h10-11,16H,5-9,12-15,17H2,1-4H3,(H2,22,23,24);1H. The Morgan fingerprint density at radius 3 is 2.57 bits per heavy atom. The molecule has 28 heavy (non-hydrogen) atoms. The van der Waals surface area contributed by atoms with Crippen LogP contribution in [0.2, 0.25) is 0 Å². The van der Waals surface area contributed by atoms with Gasteiger partial charge in [-0.3, -0.25) is 0 Å². The fourth-order valence-corrected chi connectivity index (χ4v) is 2.50. The van der Waals surface area contributed by atoms with E-state index in [1.165, 1.54) is 5.56 Å². The Kier molecular flexibility index (Phi) is 17.3. The smallest absolute Gasteiger partial charge is 0.191 e. The molecule has 0 aliphatic heterocycles. The van der Waals surface area contributed by atoms with Crippen molar-refractivity contribution in [2.45, 2.75) is 46.6 Å². The average molecular weight is 507 g/mol. The minimum absolute atomic E-state index is 0. The Bertz CT molecular complexity index is 542. The van der Waals surface area contributed by atoms with Crippen LogP contribution in [0.3, 0.4) is 0 Å². The normalized spacial score (nSPS) is 11.1. The molecule has 1 aromatic rings. The molecule has 0 aliphatic carbocycles. The van der Waals surface area contributed by atoms with E-state index in [-0.39, 0.29) is 24.0 Å². The lowest BCUT2D eigenvalue weighted by Gasteiger charge is -2.14. The van der Waals surface area contributed by atoms with Gasteiger partial charge in [-0.2, -0.15) is 0 Å². The van der Waals surface area contributed by atoms with Gasteiger partial charge in [0.15, 0.2) is 5.96 Å². The summed E-state index contributed by atoms with van der Waals surface area (Å²) in [5.41, 5.74) is 2.27. The van der Waals surface area contributed by atoms with Crippen LogP contribution < -0.4 is 15.4 Å². The first-order valence-electron chi connectivity index (χ1n) is 10.0. The summed E-state index contributed by atoms with van der Waals surface area (Å²) in [6.45, 7) is 11.4. The van der Waals surface area contributed by atoms with E-state index in [4.69, 9.17) is 19.2 Å². The van der Waals surface area contributed by atoms with Gasteiger partial charge in [0.2, 0.25) is 0 Å². The molecule has 0 amide bonds. The Hall–Kier alpha value is -1.06. The van der Waals surface area contributed by atoms with Gasteiger partial charge in [0, 0.05) is 52.0 Å². The third-order valence-electron chi connectivity index (χ3n) is 3.94. The molecule has 0 radical (unpaired) electrons. The largest absolute Gasteiger partial charge is 0.493 e. The van der Waals surface area contributed by atoms with Gasteiger partial charge in [0.25, 0.3) is 0 Å². The van der Waals surface area contributed by atoms with E-state index in [0.717, 1.165) is 62.8 Å². The molecular formula is C21H38IN3O3. The zero-order valence-corrected chi connectivity index (χ0v) is 20.2. The molecule has 0 aromatic heterocycles. The van der Waals surface area contributed by atoms with E-state index in [2.05, 4.69) is 42.7 Å². The molecule has 0 aliphatic rings. The van der Waals surface area contributed by atoms with E-state index < -0.39 is 0 Å². The van der Waals surface area contributed by atoms with Crippen molar-refractivity contribution >= 4 is 29.9 Å². The van der Waals surface area contributed by atoms with Crippen LogP contribution in [0.4, 0.5) is 0 Å². The third kappa shape index (κ3) is 12.4. The Balaban J connectivity index is 0.00000729. The number of ether oxygens (including phenoxy) is 3. The van der Waals surface area contributed by atoms with Crippen LogP contribution in [0, 0.1) is 6.92 Å². The van der Waals surface area contributed by atoms with Crippen molar-refractivity contribution in [1.29, 1.82) is 0 Å². The summed E-state index contributed by atoms with van der Waals surface area (Å²) in [5, 5.41) is 6.68. The first-order chi connectivity index (χ1) is 13.2. The lowest BCUT2D eigenvalue weighted by atomic mass is 10.1. The van der Waals surface area contributed by atoms with Gasteiger partial charge < -0.3 is 24.8 Å². The lowest BCUT2D eigenvalue weighted by Crippen LogP contribution is -2.37. The van der Waals surface area contributed by atoms with Gasteiger partial charge in [0.05, 0.1) is 13.2 Å². The number of unbranched alkanes of at least 4 members (excludes halogenated alkanes) is 1. The molecule has 0 saturated heterocycles. The van der Waals surface area contributed by atoms with Crippen LogP contribution in [-0.2, 0) is 16.0 Å². The second kappa shape index (κ2) is 18.0. The highest BCUT2D eigenvalue weighted by molar-refractivity contribution is 14.0. The number of rotatable bonds is 14. The number of hydrogen-bond acceptors (Lipinski definition) is 4. The molecule has 0 spiro atoms. The maximum Gasteiger partial charge on any atom is 0.191 e. The predicted molar refractivity (Wildman–Crippen MR) is 127 cm³/mol. The number of benzene rings is 1. The first-order valence-corrected chi connectivity index (χ1v) is 10.0. The predicted octanol–water partition coefficient (Wildman–Crippen LogP) is 3.90. The molecule has 0 atom stereocenters. The van der Waals surface area contributed by atoms with Crippen molar-refractivity contribution in [2.24, 2.45) is 4.99 Å². The molecule has 0 unspecified atom stereocenters. The van der Waals surface area contributed by atoms with Crippen molar-refractivity contribution in [3.8, 4) is 5.75 Å². The summed E-state index contributed by atoms with van der Waals surface area (Å²) in [6.07, 6.45) is 2.99. The maximum absolute atomic E-state index is 5.94. The second-order valence-corrected chi connectivity index (χ2v) is 6.33. The number of hydrogen-bond donors (Lipinski definition) is 2. The Labute approximate surface area is 187 Å². The fourth-order valence-electron chi connectivity index (χ4n) is 2.50. The lowest BCUT2D eigenvalue weighted by molar-refractivity contribution is 0.143. The molecule has 6 nitrogen and oxygen atoms in total. The van der Waals surface area contributed by atoms with Crippen LogP contribution in [0.1, 0.15) is 44.2 Å². The summed E-state index contributed by atoms with van der Waals surface area (Å²) in [4.78, 5) is 4.71. The van der Waals surface area contributed by atoms with Crippen molar-refractivity contribution in [2.75, 3.05) is 46.6 Å². The number of nitrogens with one attached hydrogen (secondary N) is 2. The van der Waals surface area contributed by atoms with Gasteiger partial charge in [-0.1, -0.05) is 12.1 Å². The summed E-state index contributed by atoms with van der Waals surface area (Å²) in [5.74, 6) is 1.74. The molecule has 0 heterocycles. The number of nitrogens with zero attached hydrogens (tertiary/aromatic N) is 1. The van der Waals surface area contributed by atoms with Crippen molar-refractivity contribution in [3.05, 3.63) is 29.3 Å². The molecule has 1 aromatic carbocycles. The third-order valence-corrected chi connectivity index (χ3v) is 3.94. The van der Waals surface area contributed by atoms with E-state index in [0.29, 0.717) is 19.8 Å². The zero-order chi connectivity index (χ0) is 19.7. The molecule has 0 fully saturated rings. The van der Waals surface area contributed by atoms with Crippen LogP contribution in [0.5, 0.6) is 5.75 Å². The van der Waals surface area contributed by atoms with Crippen molar-refractivity contribution in [1.82, 2.24) is 10.6 Å². The molecule has 2 N–H and O–H groups in total. The van der Waals surface area contributed by atoms with Crippen LogP contribution in [0.15, 0.2) is 23.2 Å². The van der Waals surface area contributed by atoms with Crippen molar-refractivity contribution in [3.63, 3.8) is 0 Å². The van der Waals surface area contributed by atoms with Gasteiger partial charge in [-0.15, -0.1) is 24.0 Å². The highest BCUT2D eigenvalue weighted by Gasteiger charge is 2.05. The second-order valence-electron chi connectivity index (χ2n) is 6.33. The monoisotopic (exact) mass is 507 g/mol. The van der Waals surface area contributed by atoms with Crippen LogP contribution in [-0.4, -0.2) is 52.6 Å². The van der Waals surface area contributed by atoms with E-state index >= 15 is 0 Å². The number of methoxy groups -OCH3 is 1. The Morgan fingerprint density at radius 2 is 1.86 bits per heavy atom. The molecule has 162 valence electrons. The Morgan fingerprint density at radius 1 is 1.04 bits per heavy atom. The molecule has 0 saturated carbocycles. The molecule has 7 heteroatoms. The quantitative estimate of drug-likeness (QED) is 0.173. The van der Waals surface area contributed by atoms with E-state index in [1.54, 1.807) is 7.11 Å². The highest BCUT2D eigenvalue weighted by atomic mass is 127. The van der Waals surface area contributed by atoms with Crippen LogP contribution >= 0.6 is 24.0 Å². The van der Waals surface area contributed by atoms with Gasteiger partial charge in [-0.05, 0) is 45.2 Å². The number of guanidine groups is 1. The molecule has 1 rings (SSSR count). The minimum atomic E-state index is 0. The number of halogens is 1. The van der Waals surface area contributed by atoms with E-state index in [1.807, 2.05) is 6.92 Å². The van der Waals surface area contributed by atoms with E-state index in [9.17, 15) is 0 Å². The van der Waals surface area contributed by atoms with Gasteiger partial charge >= 0.3 is 0 Å². The molecule has 0 bridgehead atoms. The average Bonchev–Trinajstić information content (AvgIpc) is 2.67. The van der Waals surface area contributed by atoms with Crippen LogP contribution in [0.25, 0.3) is 0 Å². The summed E-state index contributed by atoms with van der Waals surface area (Å²) >= 11 is 0. The zero-order valence-electron chi connectivity index (χ0n) is 17.9. The summed E-state index contributed by atoms with van der Waals surface area (Å²) in [6, 6.07) is 6.27. The molecular weight excluding hydrogens is 469 g/mol. The van der Waals surface area contributed by atoms with Crippen molar-refractivity contribution < 1.29 is 14.2 Å². The number of aryl methyl sites for hydroxylation is 1. The topological polar surface area (TPSA) is 64.1 Å². The number of aliphatic imine (C=N–C) groups is 1. The van der Waals surface area contributed by atoms with Gasteiger partial charge in [0.1, 0.15) is 5.75 Å². The van der Waals surface area contributed by atoms with Gasteiger partial charge in [-0.25, -0.2) is 4.99 Å². The minimum Gasteiger partial charge on any atom is -0.493 e.